The van der Waals surface area contributed by atoms with Crippen molar-refractivity contribution < 1.29 is 4.79 Å². The fourth-order valence-electron chi connectivity index (χ4n) is 0.774. The molecule has 1 unspecified atom stereocenters. The van der Waals surface area contributed by atoms with E-state index in [1.807, 2.05) is 20.8 Å². The van der Waals surface area contributed by atoms with Gasteiger partial charge in [0.2, 0.25) is 5.24 Å². The molecule has 0 saturated carbocycles. The van der Waals surface area contributed by atoms with E-state index in [1.165, 1.54) is 0 Å². The van der Waals surface area contributed by atoms with Crippen LogP contribution in [0.5, 0.6) is 0 Å². The van der Waals surface area contributed by atoms with Gasteiger partial charge in [0.05, 0.1) is 0 Å². The van der Waals surface area contributed by atoms with Crippen LogP contribution in [0.1, 0.15) is 27.2 Å². The van der Waals surface area contributed by atoms with Crippen molar-refractivity contribution in [1.82, 2.24) is 0 Å². The Hall–Kier alpha value is 0.440. The van der Waals surface area contributed by atoms with Gasteiger partial charge in [-0.05, 0) is 23.9 Å². The number of halogens is 2. The summed E-state index contributed by atoms with van der Waals surface area (Å²) in [7, 11) is 0. The summed E-state index contributed by atoms with van der Waals surface area (Å²) in [6, 6.07) is 0. The standard InChI is InChI=1S/C7H12BrClO/c1-4-7(8,5(2)3)6(9)10/h5H,4H2,1-3H3. The summed E-state index contributed by atoms with van der Waals surface area (Å²) < 4.78 is -0.519. The van der Waals surface area contributed by atoms with Gasteiger partial charge in [-0.2, -0.15) is 0 Å². The SMILES string of the molecule is CCC(Br)(C(=O)Cl)C(C)C. The molecule has 0 N–H and O–H groups in total. The van der Waals surface area contributed by atoms with Crippen molar-refractivity contribution in [1.29, 1.82) is 0 Å². The highest BCUT2D eigenvalue weighted by Crippen LogP contribution is 2.33. The number of carbonyl (C=O) groups excluding carboxylic acids is 1. The maximum absolute atomic E-state index is 10.9. The Labute approximate surface area is 75.3 Å². The third-order valence-corrected chi connectivity index (χ3v) is 4.16. The lowest BCUT2D eigenvalue weighted by molar-refractivity contribution is -0.114. The van der Waals surface area contributed by atoms with Gasteiger partial charge in [-0.25, -0.2) is 0 Å². The average Bonchev–Trinajstić information content (AvgIpc) is 1.85. The van der Waals surface area contributed by atoms with Gasteiger partial charge >= 0.3 is 0 Å². The van der Waals surface area contributed by atoms with Gasteiger partial charge in [-0.3, -0.25) is 4.79 Å². The summed E-state index contributed by atoms with van der Waals surface area (Å²) in [4.78, 5) is 10.9. The molecule has 60 valence electrons. The first kappa shape index (κ1) is 10.4. The summed E-state index contributed by atoms with van der Waals surface area (Å²) in [5.74, 6) is 0.238. The van der Waals surface area contributed by atoms with Crippen molar-refractivity contribution in [3.05, 3.63) is 0 Å². The molecule has 10 heavy (non-hydrogen) atoms. The lowest BCUT2D eigenvalue weighted by Gasteiger charge is -2.25. The molecule has 0 bridgehead atoms. The Kier molecular flexibility index (Phi) is 3.89. The molecule has 0 aliphatic rings. The monoisotopic (exact) mass is 226 g/mol. The minimum atomic E-state index is -0.519. The molecule has 0 heterocycles. The fraction of sp³-hybridized carbons (Fsp3) is 0.857. The van der Waals surface area contributed by atoms with E-state index >= 15 is 0 Å². The number of alkyl halides is 1. The molecule has 0 rings (SSSR count). The highest BCUT2D eigenvalue weighted by Gasteiger charge is 2.35. The first-order valence-electron chi connectivity index (χ1n) is 3.34. The molecule has 0 saturated heterocycles. The molecule has 1 nitrogen and oxygen atoms in total. The molecule has 0 aromatic rings. The lowest BCUT2D eigenvalue weighted by Crippen LogP contribution is -2.33. The maximum Gasteiger partial charge on any atom is 0.238 e. The average molecular weight is 228 g/mol. The van der Waals surface area contributed by atoms with Crippen LogP contribution in [0.4, 0.5) is 0 Å². The minimum absolute atomic E-state index is 0.238. The lowest BCUT2D eigenvalue weighted by atomic mass is 9.94. The number of carbonyl (C=O) groups is 1. The van der Waals surface area contributed by atoms with E-state index in [0.717, 1.165) is 6.42 Å². The van der Waals surface area contributed by atoms with Crippen LogP contribution in [0.25, 0.3) is 0 Å². The zero-order valence-electron chi connectivity index (χ0n) is 6.45. The molecule has 0 aromatic carbocycles. The van der Waals surface area contributed by atoms with Crippen LogP contribution in [-0.4, -0.2) is 9.57 Å². The molecular formula is C7H12BrClO. The second-order valence-electron chi connectivity index (χ2n) is 2.64. The largest absolute Gasteiger partial charge is 0.280 e. The molecule has 0 spiro atoms. The van der Waals surface area contributed by atoms with Crippen molar-refractivity contribution in [2.24, 2.45) is 5.92 Å². The maximum atomic E-state index is 10.9. The van der Waals surface area contributed by atoms with Crippen LogP contribution >= 0.6 is 27.5 Å². The van der Waals surface area contributed by atoms with E-state index in [9.17, 15) is 4.79 Å². The Bertz CT molecular complexity index is 136. The molecule has 0 amide bonds. The summed E-state index contributed by atoms with van der Waals surface area (Å²) in [5.41, 5.74) is 0. The van der Waals surface area contributed by atoms with E-state index in [2.05, 4.69) is 15.9 Å². The highest BCUT2D eigenvalue weighted by molar-refractivity contribution is 9.10. The van der Waals surface area contributed by atoms with Gasteiger partial charge in [0.25, 0.3) is 0 Å². The molecule has 0 aliphatic carbocycles. The van der Waals surface area contributed by atoms with E-state index < -0.39 is 4.32 Å². The Balaban J connectivity index is 4.38. The van der Waals surface area contributed by atoms with Crippen molar-refractivity contribution in [3.63, 3.8) is 0 Å². The quantitative estimate of drug-likeness (QED) is 0.535. The summed E-state index contributed by atoms with van der Waals surface area (Å²) >= 11 is 8.73. The fourth-order valence-corrected chi connectivity index (χ4v) is 1.13. The first-order valence-corrected chi connectivity index (χ1v) is 4.51. The third kappa shape index (κ3) is 1.96. The van der Waals surface area contributed by atoms with Crippen molar-refractivity contribution >= 4 is 32.8 Å². The molecule has 3 heteroatoms. The summed E-state index contributed by atoms with van der Waals surface area (Å²) in [6.07, 6.45) is 0.729. The Morgan fingerprint density at radius 3 is 2.10 bits per heavy atom. The third-order valence-electron chi connectivity index (χ3n) is 1.76. The Morgan fingerprint density at radius 2 is 2.10 bits per heavy atom. The summed E-state index contributed by atoms with van der Waals surface area (Å²) in [5, 5.41) is -0.301. The van der Waals surface area contributed by atoms with Crippen LogP contribution in [0.2, 0.25) is 0 Å². The van der Waals surface area contributed by atoms with Crippen molar-refractivity contribution in [3.8, 4) is 0 Å². The predicted octanol–water partition coefficient (Wildman–Crippen LogP) is 2.95. The van der Waals surface area contributed by atoms with Crippen molar-refractivity contribution in [2.45, 2.75) is 31.5 Å². The normalized spacial score (nSPS) is 17.0. The van der Waals surface area contributed by atoms with Crippen molar-refractivity contribution in [2.75, 3.05) is 0 Å². The van der Waals surface area contributed by atoms with Gasteiger partial charge in [0, 0.05) is 0 Å². The van der Waals surface area contributed by atoms with Crippen LogP contribution in [0.3, 0.4) is 0 Å². The van der Waals surface area contributed by atoms with Crippen LogP contribution in [0, 0.1) is 5.92 Å². The van der Waals surface area contributed by atoms with Crippen LogP contribution in [0.15, 0.2) is 0 Å². The first-order chi connectivity index (χ1) is 4.45. The minimum Gasteiger partial charge on any atom is -0.280 e. The predicted molar refractivity (Wildman–Crippen MR) is 47.6 cm³/mol. The van der Waals surface area contributed by atoms with Gasteiger partial charge < -0.3 is 0 Å². The molecular weight excluding hydrogens is 215 g/mol. The number of hydrogen-bond donors (Lipinski definition) is 0. The zero-order chi connectivity index (χ0) is 8.36. The van der Waals surface area contributed by atoms with E-state index in [4.69, 9.17) is 11.6 Å². The molecule has 0 fully saturated rings. The van der Waals surface area contributed by atoms with Gasteiger partial charge in [0.15, 0.2) is 0 Å². The molecule has 0 aromatic heterocycles. The molecule has 1 atom stereocenters. The molecule has 0 aliphatic heterocycles. The van der Waals surface area contributed by atoms with Gasteiger partial charge in [0.1, 0.15) is 4.32 Å². The highest BCUT2D eigenvalue weighted by atomic mass is 79.9. The van der Waals surface area contributed by atoms with Crippen LogP contribution < -0.4 is 0 Å². The van der Waals surface area contributed by atoms with E-state index in [-0.39, 0.29) is 11.2 Å². The smallest absolute Gasteiger partial charge is 0.238 e. The molecule has 0 radical (unpaired) electrons. The Morgan fingerprint density at radius 1 is 1.70 bits per heavy atom. The van der Waals surface area contributed by atoms with Gasteiger partial charge in [-0.1, -0.05) is 36.7 Å². The van der Waals surface area contributed by atoms with E-state index in [0.29, 0.717) is 0 Å². The second-order valence-corrected chi connectivity index (χ2v) is 4.40. The topological polar surface area (TPSA) is 17.1 Å². The van der Waals surface area contributed by atoms with E-state index in [1.54, 1.807) is 0 Å². The number of rotatable bonds is 3. The number of hydrogen-bond acceptors (Lipinski definition) is 1. The zero-order valence-corrected chi connectivity index (χ0v) is 8.79. The van der Waals surface area contributed by atoms with Crippen LogP contribution in [-0.2, 0) is 4.79 Å². The van der Waals surface area contributed by atoms with Gasteiger partial charge in [-0.15, -0.1) is 0 Å². The summed E-state index contributed by atoms with van der Waals surface area (Å²) in [6.45, 7) is 5.88. The second kappa shape index (κ2) is 3.72.